The Morgan fingerprint density at radius 1 is 1.13 bits per heavy atom. The molecule has 0 bridgehead atoms. The number of hydrogen-bond donors (Lipinski definition) is 0. The number of rotatable bonds is 4. The van der Waals surface area contributed by atoms with Crippen molar-refractivity contribution in [2.45, 2.75) is 24.8 Å². The Bertz CT molecular complexity index is 831. The van der Waals surface area contributed by atoms with Crippen LogP contribution in [0.5, 0.6) is 0 Å². The van der Waals surface area contributed by atoms with Crippen molar-refractivity contribution < 1.29 is 4.39 Å². The summed E-state index contributed by atoms with van der Waals surface area (Å²) in [5.41, 5.74) is 3.75. The van der Waals surface area contributed by atoms with E-state index in [9.17, 15) is 4.39 Å². The third kappa shape index (κ3) is 3.43. The van der Waals surface area contributed by atoms with E-state index in [1.54, 1.807) is 12.1 Å². The van der Waals surface area contributed by atoms with Crippen LogP contribution in [0.4, 0.5) is 4.39 Å². The first-order valence-corrected chi connectivity index (χ1v) is 8.60. The lowest BCUT2D eigenvalue weighted by Crippen LogP contribution is -1.99. The van der Waals surface area contributed by atoms with E-state index in [2.05, 4.69) is 9.55 Å². The second-order valence-corrected chi connectivity index (χ2v) is 6.64. The Kier molecular flexibility index (Phi) is 4.74. The minimum absolute atomic E-state index is 0.281. The van der Waals surface area contributed by atoms with Crippen LogP contribution in [0.3, 0.4) is 0 Å². The van der Waals surface area contributed by atoms with Gasteiger partial charge in [0.15, 0.2) is 5.16 Å². The van der Waals surface area contributed by atoms with Crippen LogP contribution in [0.1, 0.15) is 17.0 Å². The molecule has 0 saturated heterocycles. The normalized spacial score (nSPS) is 11.0. The molecule has 0 saturated carbocycles. The highest BCUT2D eigenvalue weighted by molar-refractivity contribution is 7.98. The lowest BCUT2D eigenvalue weighted by Gasteiger charge is -2.10. The van der Waals surface area contributed by atoms with Crippen LogP contribution in [-0.4, -0.2) is 9.55 Å². The number of benzene rings is 2. The van der Waals surface area contributed by atoms with Crippen LogP contribution in [-0.2, 0) is 5.75 Å². The van der Waals surface area contributed by atoms with Gasteiger partial charge in [0.1, 0.15) is 5.82 Å². The molecule has 0 aliphatic rings. The third-order valence-corrected chi connectivity index (χ3v) is 4.92. The van der Waals surface area contributed by atoms with Crippen molar-refractivity contribution in [3.63, 3.8) is 0 Å². The number of hydrogen-bond acceptors (Lipinski definition) is 2. The van der Waals surface area contributed by atoms with Crippen molar-refractivity contribution in [1.82, 2.24) is 9.55 Å². The van der Waals surface area contributed by atoms with Gasteiger partial charge in [0, 0.05) is 22.2 Å². The molecule has 3 rings (SSSR count). The summed E-state index contributed by atoms with van der Waals surface area (Å²) in [4.78, 5) is 4.63. The van der Waals surface area contributed by atoms with E-state index in [1.165, 1.54) is 17.8 Å². The van der Waals surface area contributed by atoms with Gasteiger partial charge in [0.05, 0.1) is 5.69 Å². The average Bonchev–Trinajstić information content (AvgIpc) is 2.82. The van der Waals surface area contributed by atoms with Crippen molar-refractivity contribution in [2.75, 3.05) is 0 Å². The van der Waals surface area contributed by atoms with E-state index in [0.717, 1.165) is 22.2 Å². The molecule has 2 aromatic carbocycles. The van der Waals surface area contributed by atoms with E-state index >= 15 is 0 Å². The Morgan fingerprint density at radius 3 is 2.57 bits per heavy atom. The molecule has 1 heterocycles. The van der Waals surface area contributed by atoms with E-state index in [1.807, 2.05) is 44.2 Å². The van der Waals surface area contributed by atoms with Crippen LogP contribution < -0.4 is 0 Å². The summed E-state index contributed by atoms with van der Waals surface area (Å²) >= 11 is 7.32. The lowest BCUT2D eigenvalue weighted by molar-refractivity contribution is 0.617. The molecular weight excluding hydrogens is 331 g/mol. The number of aryl methyl sites for hydroxylation is 1. The first kappa shape index (κ1) is 16.1. The van der Waals surface area contributed by atoms with Gasteiger partial charge in [-0.15, -0.1) is 0 Å². The van der Waals surface area contributed by atoms with E-state index < -0.39 is 0 Å². The lowest BCUT2D eigenvalue weighted by atomic mass is 10.2. The van der Waals surface area contributed by atoms with Gasteiger partial charge in [0.25, 0.3) is 0 Å². The molecule has 0 unspecified atom stereocenters. The first-order chi connectivity index (χ1) is 11.1. The van der Waals surface area contributed by atoms with Crippen molar-refractivity contribution in [3.8, 4) is 5.69 Å². The molecule has 0 spiro atoms. The molecule has 3 aromatic rings. The minimum Gasteiger partial charge on any atom is -0.292 e. The van der Waals surface area contributed by atoms with E-state index in [4.69, 9.17) is 11.6 Å². The second kappa shape index (κ2) is 6.77. The maximum Gasteiger partial charge on any atom is 0.173 e. The molecule has 0 aliphatic heterocycles. The summed E-state index contributed by atoms with van der Waals surface area (Å²) in [5, 5.41) is 1.27. The minimum atomic E-state index is -0.281. The van der Waals surface area contributed by atoms with Crippen LogP contribution in [0.15, 0.2) is 53.7 Å². The standard InChI is InChI=1S/C18H16ClFN2S/c1-12-13(2)22(16-6-4-3-5-7-16)18(21-12)23-11-14-8-9-15(19)10-17(14)20/h3-10H,11H2,1-2H3. The molecule has 0 aliphatic carbocycles. The molecule has 0 amide bonds. The van der Waals surface area contributed by atoms with Crippen molar-refractivity contribution in [1.29, 1.82) is 0 Å². The number of halogens is 2. The summed E-state index contributed by atoms with van der Waals surface area (Å²) in [6.07, 6.45) is 0. The molecule has 5 heteroatoms. The number of imidazole rings is 1. The Hall–Kier alpha value is -1.78. The highest BCUT2D eigenvalue weighted by atomic mass is 35.5. The van der Waals surface area contributed by atoms with Crippen LogP contribution in [0.2, 0.25) is 5.02 Å². The zero-order chi connectivity index (χ0) is 16.4. The maximum atomic E-state index is 13.9. The Morgan fingerprint density at radius 2 is 1.87 bits per heavy atom. The van der Waals surface area contributed by atoms with Gasteiger partial charge in [-0.25, -0.2) is 9.37 Å². The van der Waals surface area contributed by atoms with Crippen molar-refractivity contribution >= 4 is 23.4 Å². The highest BCUT2D eigenvalue weighted by Crippen LogP contribution is 2.29. The fraction of sp³-hybridized carbons (Fsp3) is 0.167. The Balaban J connectivity index is 1.90. The van der Waals surface area contributed by atoms with Crippen LogP contribution in [0, 0.1) is 19.7 Å². The van der Waals surface area contributed by atoms with Gasteiger partial charge < -0.3 is 0 Å². The van der Waals surface area contributed by atoms with Crippen molar-refractivity contribution in [2.24, 2.45) is 0 Å². The second-order valence-electron chi connectivity index (χ2n) is 5.26. The zero-order valence-corrected chi connectivity index (χ0v) is 14.5. The zero-order valence-electron chi connectivity index (χ0n) is 12.9. The van der Waals surface area contributed by atoms with Gasteiger partial charge in [-0.2, -0.15) is 0 Å². The van der Waals surface area contributed by atoms with E-state index in [-0.39, 0.29) is 5.82 Å². The molecule has 1 aromatic heterocycles. The topological polar surface area (TPSA) is 17.8 Å². The predicted octanol–water partition coefficient (Wildman–Crippen LogP) is 5.57. The number of thioether (sulfide) groups is 1. The molecule has 0 fully saturated rings. The number of para-hydroxylation sites is 1. The van der Waals surface area contributed by atoms with Crippen molar-refractivity contribution in [3.05, 3.63) is 76.3 Å². The molecule has 0 atom stereocenters. The van der Waals surface area contributed by atoms with Gasteiger partial charge in [-0.05, 0) is 43.7 Å². The number of aromatic nitrogens is 2. The monoisotopic (exact) mass is 346 g/mol. The summed E-state index contributed by atoms with van der Waals surface area (Å²) in [5.74, 6) is 0.224. The fourth-order valence-electron chi connectivity index (χ4n) is 2.34. The van der Waals surface area contributed by atoms with Crippen LogP contribution >= 0.6 is 23.4 Å². The van der Waals surface area contributed by atoms with Crippen LogP contribution in [0.25, 0.3) is 5.69 Å². The van der Waals surface area contributed by atoms with Gasteiger partial charge in [-0.1, -0.05) is 47.6 Å². The van der Waals surface area contributed by atoms with Gasteiger partial charge in [0.2, 0.25) is 0 Å². The van der Waals surface area contributed by atoms with Gasteiger partial charge in [-0.3, -0.25) is 4.57 Å². The summed E-state index contributed by atoms with van der Waals surface area (Å²) in [7, 11) is 0. The fourth-order valence-corrected chi connectivity index (χ4v) is 3.59. The average molecular weight is 347 g/mol. The molecule has 118 valence electrons. The van der Waals surface area contributed by atoms with Gasteiger partial charge >= 0.3 is 0 Å². The molecular formula is C18H16ClFN2S. The van der Waals surface area contributed by atoms with E-state index in [0.29, 0.717) is 16.3 Å². The highest BCUT2D eigenvalue weighted by Gasteiger charge is 2.14. The predicted molar refractivity (Wildman–Crippen MR) is 94.0 cm³/mol. The molecule has 0 N–H and O–H groups in total. The Labute approximate surface area is 144 Å². The molecule has 23 heavy (non-hydrogen) atoms. The smallest absolute Gasteiger partial charge is 0.173 e. The SMILES string of the molecule is Cc1nc(SCc2ccc(Cl)cc2F)n(-c2ccccc2)c1C. The largest absolute Gasteiger partial charge is 0.292 e. The molecule has 0 radical (unpaired) electrons. The quantitative estimate of drug-likeness (QED) is 0.574. The first-order valence-electron chi connectivity index (χ1n) is 7.24. The number of nitrogens with zero attached hydrogens (tertiary/aromatic N) is 2. The maximum absolute atomic E-state index is 13.9. The summed E-state index contributed by atoms with van der Waals surface area (Å²) in [6, 6.07) is 14.8. The summed E-state index contributed by atoms with van der Waals surface area (Å²) in [6.45, 7) is 4.03. The third-order valence-electron chi connectivity index (χ3n) is 3.70. The molecule has 2 nitrogen and oxygen atoms in total. The summed E-state index contributed by atoms with van der Waals surface area (Å²) < 4.78 is 16.0.